The first kappa shape index (κ1) is 24.0. The van der Waals surface area contributed by atoms with E-state index in [0.717, 1.165) is 35.4 Å². The van der Waals surface area contributed by atoms with Gasteiger partial charge in [0.05, 0.1) is 16.0 Å². The number of benzene rings is 4. The van der Waals surface area contributed by atoms with Crippen LogP contribution in [0.4, 0.5) is 26.3 Å². The van der Waals surface area contributed by atoms with Crippen molar-refractivity contribution in [2.45, 2.75) is 25.9 Å². The van der Waals surface area contributed by atoms with Crippen LogP contribution in [0.2, 0.25) is 5.02 Å². The highest BCUT2D eigenvalue weighted by molar-refractivity contribution is 6.31. The number of hydrogen-bond donors (Lipinski definition) is 0. The van der Waals surface area contributed by atoms with Crippen LogP contribution in [0, 0.1) is 30.2 Å². The van der Waals surface area contributed by atoms with E-state index in [1.54, 1.807) is 0 Å². The van der Waals surface area contributed by atoms with Crippen LogP contribution in [0.1, 0.15) is 22.3 Å². The van der Waals surface area contributed by atoms with Gasteiger partial charge in [0, 0.05) is 6.07 Å². The lowest BCUT2D eigenvalue weighted by Crippen LogP contribution is -2.23. The summed E-state index contributed by atoms with van der Waals surface area (Å²) >= 11 is 5.92. The quantitative estimate of drug-likeness (QED) is 0.245. The largest absolute Gasteiger partial charge is 0.429 e. The van der Waals surface area contributed by atoms with Gasteiger partial charge in [0.2, 0.25) is 0 Å². The van der Waals surface area contributed by atoms with Crippen molar-refractivity contribution in [3.05, 3.63) is 111 Å². The highest BCUT2D eigenvalue weighted by Crippen LogP contribution is 2.39. The molecule has 176 valence electrons. The average molecular weight is 495 g/mol. The molecule has 4 rings (SSSR count). The Kier molecular flexibility index (Phi) is 6.49. The van der Waals surface area contributed by atoms with Gasteiger partial charge in [-0.05, 0) is 54.5 Å². The third kappa shape index (κ3) is 4.71. The van der Waals surface area contributed by atoms with Gasteiger partial charge >= 0.3 is 6.11 Å². The van der Waals surface area contributed by atoms with E-state index in [-0.39, 0.29) is 17.4 Å². The molecule has 4 aromatic carbocycles. The fourth-order valence-electron chi connectivity index (χ4n) is 3.62. The van der Waals surface area contributed by atoms with Gasteiger partial charge in [-0.3, -0.25) is 0 Å². The van der Waals surface area contributed by atoms with Crippen molar-refractivity contribution < 1.29 is 31.1 Å². The van der Waals surface area contributed by atoms with Gasteiger partial charge in [-0.25, -0.2) is 17.6 Å². The molecule has 0 saturated heterocycles. The Balaban J connectivity index is 1.59. The van der Waals surface area contributed by atoms with Gasteiger partial charge in [-0.2, -0.15) is 8.78 Å². The Morgan fingerprint density at radius 3 is 2.21 bits per heavy atom. The molecular weight excluding hydrogens is 478 g/mol. The van der Waals surface area contributed by atoms with Crippen molar-refractivity contribution in [3.8, 4) is 5.75 Å². The van der Waals surface area contributed by atoms with Crippen molar-refractivity contribution >= 4 is 22.4 Å². The van der Waals surface area contributed by atoms with E-state index in [1.165, 1.54) is 6.07 Å². The molecule has 4 aromatic rings. The summed E-state index contributed by atoms with van der Waals surface area (Å²) < 4.78 is 90.6. The lowest BCUT2D eigenvalue weighted by atomic mass is 10.0. The summed E-state index contributed by atoms with van der Waals surface area (Å²) in [5, 5.41) is -1.70. The van der Waals surface area contributed by atoms with Crippen LogP contribution >= 0.6 is 11.6 Å². The van der Waals surface area contributed by atoms with Crippen LogP contribution in [-0.4, -0.2) is 0 Å². The van der Waals surface area contributed by atoms with E-state index in [0.29, 0.717) is 12.5 Å². The van der Waals surface area contributed by atoms with Gasteiger partial charge in [0.25, 0.3) is 0 Å². The molecule has 1 nitrogen and oxygen atoms in total. The Morgan fingerprint density at radius 1 is 0.794 bits per heavy atom. The Labute approximate surface area is 196 Å². The van der Waals surface area contributed by atoms with Crippen molar-refractivity contribution in [3.63, 3.8) is 0 Å². The standard InChI is InChI=1S/C26H17ClF6O/c1-14-2-4-15(5-3-14)6-7-16-8-10-19(23(27)24(16)30)26(32,33)34-18-12-17-9-11-20(28)25(31)22(17)21(29)13-18/h2-5,8-13H,6-7H2,1H3. The van der Waals surface area contributed by atoms with Gasteiger partial charge in [-0.15, -0.1) is 0 Å². The van der Waals surface area contributed by atoms with Crippen molar-refractivity contribution in [1.82, 2.24) is 0 Å². The lowest BCUT2D eigenvalue weighted by molar-refractivity contribution is -0.185. The van der Waals surface area contributed by atoms with Crippen LogP contribution in [-0.2, 0) is 19.0 Å². The first-order valence-corrected chi connectivity index (χ1v) is 10.6. The first-order chi connectivity index (χ1) is 16.1. The predicted octanol–water partition coefficient (Wildman–Crippen LogP) is 8.27. The molecule has 0 aliphatic rings. The molecule has 0 N–H and O–H groups in total. The summed E-state index contributed by atoms with van der Waals surface area (Å²) in [7, 11) is 0. The highest BCUT2D eigenvalue weighted by Gasteiger charge is 2.38. The molecule has 0 saturated carbocycles. The van der Waals surface area contributed by atoms with E-state index in [9.17, 15) is 26.3 Å². The zero-order valence-electron chi connectivity index (χ0n) is 17.7. The molecule has 34 heavy (non-hydrogen) atoms. The van der Waals surface area contributed by atoms with E-state index in [4.69, 9.17) is 11.6 Å². The molecule has 0 heterocycles. The Hall–Kier alpha value is -3.19. The maximum atomic E-state index is 14.8. The number of alkyl halides is 2. The summed E-state index contributed by atoms with van der Waals surface area (Å²) in [6.07, 6.45) is -3.42. The second kappa shape index (κ2) is 9.22. The van der Waals surface area contributed by atoms with Crippen LogP contribution < -0.4 is 4.74 Å². The molecule has 8 heteroatoms. The summed E-state index contributed by atoms with van der Waals surface area (Å²) in [4.78, 5) is 0. The molecule has 0 aromatic heterocycles. The minimum atomic E-state index is -4.13. The molecule has 0 amide bonds. The van der Waals surface area contributed by atoms with Gasteiger partial charge < -0.3 is 4.74 Å². The topological polar surface area (TPSA) is 9.23 Å². The van der Waals surface area contributed by atoms with Crippen LogP contribution in [0.25, 0.3) is 10.8 Å². The van der Waals surface area contributed by atoms with E-state index in [2.05, 4.69) is 4.74 Å². The number of halogens is 7. The van der Waals surface area contributed by atoms with Gasteiger partial charge in [0.15, 0.2) is 11.6 Å². The molecule has 0 spiro atoms. The second-order valence-corrected chi connectivity index (χ2v) is 8.25. The molecule has 0 atom stereocenters. The monoisotopic (exact) mass is 494 g/mol. The summed E-state index contributed by atoms with van der Waals surface area (Å²) in [6.45, 7) is 1.94. The van der Waals surface area contributed by atoms with E-state index >= 15 is 0 Å². The SMILES string of the molecule is Cc1ccc(CCc2ccc(C(F)(F)Oc3cc(F)c4c(F)c(F)ccc4c3)c(Cl)c2F)cc1. The van der Waals surface area contributed by atoms with Crippen molar-refractivity contribution in [2.24, 2.45) is 0 Å². The predicted molar refractivity (Wildman–Crippen MR) is 118 cm³/mol. The summed E-state index contributed by atoms with van der Waals surface area (Å²) in [6, 6.07) is 13.0. The zero-order valence-corrected chi connectivity index (χ0v) is 18.5. The summed E-state index contributed by atoms with van der Waals surface area (Å²) in [5.74, 6) is -5.68. The van der Waals surface area contributed by atoms with Crippen molar-refractivity contribution in [2.75, 3.05) is 0 Å². The van der Waals surface area contributed by atoms with Crippen LogP contribution in [0.15, 0.2) is 60.7 Å². The average Bonchev–Trinajstić information content (AvgIpc) is 2.77. The summed E-state index contributed by atoms with van der Waals surface area (Å²) in [5.41, 5.74) is 1.23. The lowest BCUT2D eigenvalue weighted by Gasteiger charge is -2.21. The molecular formula is C26H17ClF6O. The first-order valence-electron chi connectivity index (χ1n) is 10.2. The minimum Gasteiger partial charge on any atom is -0.429 e. The van der Waals surface area contributed by atoms with Crippen LogP contribution in [0.3, 0.4) is 0 Å². The molecule has 0 bridgehead atoms. The number of fused-ring (bicyclic) bond motifs is 1. The Bertz CT molecular complexity index is 1370. The molecule has 0 aliphatic heterocycles. The third-order valence-corrected chi connectivity index (χ3v) is 5.83. The number of aryl methyl sites for hydroxylation is 3. The maximum absolute atomic E-state index is 14.8. The molecule has 0 fully saturated rings. The van der Waals surface area contributed by atoms with Gasteiger partial charge in [-0.1, -0.05) is 53.6 Å². The Morgan fingerprint density at radius 2 is 1.50 bits per heavy atom. The fraction of sp³-hybridized carbons (Fsp3) is 0.154. The van der Waals surface area contributed by atoms with Crippen molar-refractivity contribution in [1.29, 1.82) is 0 Å². The second-order valence-electron chi connectivity index (χ2n) is 7.87. The highest BCUT2D eigenvalue weighted by atomic mass is 35.5. The normalized spacial score (nSPS) is 11.8. The smallest absolute Gasteiger partial charge is 0.428 e. The van der Waals surface area contributed by atoms with Gasteiger partial charge in [0.1, 0.15) is 17.4 Å². The zero-order chi connectivity index (χ0) is 24.6. The third-order valence-electron chi connectivity index (χ3n) is 5.46. The number of hydrogen-bond acceptors (Lipinski definition) is 1. The molecule has 0 unspecified atom stereocenters. The number of rotatable bonds is 6. The van der Waals surface area contributed by atoms with E-state index < -0.39 is 51.1 Å². The maximum Gasteiger partial charge on any atom is 0.428 e. The fourth-order valence-corrected chi connectivity index (χ4v) is 3.92. The number of ether oxygens (including phenoxy) is 1. The van der Waals surface area contributed by atoms with E-state index in [1.807, 2.05) is 31.2 Å². The molecule has 0 radical (unpaired) electrons. The van der Waals surface area contributed by atoms with Crippen LogP contribution in [0.5, 0.6) is 5.75 Å². The molecule has 0 aliphatic carbocycles. The minimum absolute atomic E-state index is 0.152.